The molecule has 0 bridgehead atoms. The number of halogens is 2. The van der Waals surface area contributed by atoms with Gasteiger partial charge in [-0.1, -0.05) is 24.3 Å². The number of aliphatic hydroxyl groups excluding tert-OH is 1. The molecular weight excluding hydrogens is 318 g/mol. The molecule has 3 rings (SSSR count). The zero-order chi connectivity index (χ0) is 17.1. The van der Waals surface area contributed by atoms with Crippen molar-refractivity contribution in [1.29, 1.82) is 0 Å². The van der Waals surface area contributed by atoms with Crippen molar-refractivity contribution < 1.29 is 18.7 Å². The second-order valence-electron chi connectivity index (χ2n) is 5.61. The van der Waals surface area contributed by atoms with Crippen molar-refractivity contribution in [2.75, 3.05) is 18.5 Å². The Bertz CT molecular complexity index is 720. The molecule has 2 amide bonds. The Kier molecular flexibility index (Phi) is 4.75. The van der Waals surface area contributed by atoms with Gasteiger partial charge in [0.2, 0.25) is 0 Å². The Hall–Kier alpha value is -2.48. The van der Waals surface area contributed by atoms with Gasteiger partial charge < -0.3 is 15.3 Å². The molecular formula is C16H18F2N4O2. The minimum Gasteiger partial charge on any atom is -0.394 e. The highest BCUT2D eigenvalue weighted by Crippen LogP contribution is 2.29. The number of rotatable bonds is 4. The third-order valence-corrected chi connectivity index (χ3v) is 4.06. The molecule has 0 spiro atoms. The van der Waals surface area contributed by atoms with Crippen molar-refractivity contribution in [2.24, 2.45) is 0 Å². The highest BCUT2D eigenvalue weighted by atomic mass is 19.3. The summed E-state index contributed by atoms with van der Waals surface area (Å²) in [5.41, 5.74) is 2.39. The summed E-state index contributed by atoms with van der Waals surface area (Å²) in [7, 11) is 0. The van der Waals surface area contributed by atoms with Crippen LogP contribution in [0.4, 0.5) is 19.3 Å². The second kappa shape index (κ2) is 6.96. The van der Waals surface area contributed by atoms with E-state index in [9.17, 15) is 18.7 Å². The molecule has 6 nitrogen and oxygen atoms in total. The molecule has 0 saturated carbocycles. The van der Waals surface area contributed by atoms with Crippen LogP contribution < -0.4 is 5.32 Å². The van der Waals surface area contributed by atoms with Gasteiger partial charge in [-0.3, -0.25) is 4.68 Å². The summed E-state index contributed by atoms with van der Waals surface area (Å²) in [5, 5.41) is 16.1. The van der Waals surface area contributed by atoms with Crippen LogP contribution in [0.25, 0.3) is 0 Å². The van der Waals surface area contributed by atoms with Crippen molar-refractivity contribution in [3.05, 3.63) is 47.8 Å². The number of nitrogens with zero attached hydrogens (tertiary/aromatic N) is 3. The first kappa shape index (κ1) is 16.4. The monoisotopic (exact) mass is 336 g/mol. The zero-order valence-electron chi connectivity index (χ0n) is 12.9. The molecule has 1 aliphatic heterocycles. The van der Waals surface area contributed by atoms with E-state index < -0.39 is 19.0 Å². The van der Waals surface area contributed by atoms with Crippen molar-refractivity contribution in [2.45, 2.75) is 25.4 Å². The number of aromatic nitrogens is 2. The minimum atomic E-state index is -2.51. The fourth-order valence-electron chi connectivity index (χ4n) is 2.96. The molecule has 0 saturated heterocycles. The Morgan fingerprint density at radius 3 is 2.96 bits per heavy atom. The van der Waals surface area contributed by atoms with E-state index in [1.54, 1.807) is 4.90 Å². The van der Waals surface area contributed by atoms with Crippen LogP contribution in [0.3, 0.4) is 0 Å². The molecule has 2 aromatic rings. The van der Waals surface area contributed by atoms with Gasteiger partial charge in [-0.15, -0.1) is 0 Å². The second-order valence-corrected chi connectivity index (χ2v) is 5.61. The van der Waals surface area contributed by atoms with Crippen LogP contribution in [-0.4, -0.2) is 45.4 Å². The number of hydrogen-bond acceptors (Lipinski definition) is 3. The van der Waals surface area contributed by atoms with Crippen molar-refractivity contribution in [1.82, 2.24) is 14.7 Å². The lowest BCUT2D eigenvalue weighted by Gasteiger charge is -2.36. The van der Waals surface area contributed by atoms with Gasteiger partial charge in [0.25, 0.3) is 6.43 Å². The summed E-state index contributed by atoms with van der Waals surface area (Å²) in [6, 6.07) is 6.88. The molecule has 128 valence electrons. The smallest absolute Gasteiger partial charge is 0.322 e. The topological polar surface area (TPSA) is 70.4 Å². The lowest BCUT2D eigenvalue weighted by atomic mass is 9.93. The van der Waals surface area contributed by atoms with Crippen molar-refractivity contribution in [3.8, 4) is 0 Å². The van der Waals surface area contributed by atoms with Crippen LogP contribution in [0.15, 0.2) is 36.7 Å². The fourth-order valence-corrected chi connectivity index (χ4v) is 2.96. The quantitative estimate of drug-likeness (QED) is 0.900. The van der Waals surface area contributed by atoms with Crippen LogP contribution in [-0.2, 0) is 13.0 Å². The maximum atomic E-state index is 12.5. The predicted octanol–water partition coefficient (Wildman–Crippen LogP) is 2.27. The molecule has 8 heteroatoms. The van der Waals surface area contributed by atoms with Crippen LogP contribution in [0.5, 0.6) is 0 Å². The number of alkyl halides is 2. The lowest BCUT2D eigenvalue weighted by Crippen LogP contribution is -2.43. The van der Waals surface area contributed by atoms with E-state index in [1.165, 1.54) is 12.4 Å². The first-order chi connectivity index (χ1) is 11.6. The summed E-state index contributed by atoms with van der Waals surface area (Å²) < 4.78 is 25.8. The van der Waals surface area contributed by atoms with Crippen LogP contribution in [0, 0.1) is 0 Å². The van der Waals surface area contributed by atoms with Gasteiger partial charge in [0, 0.05) is 12.7 Å². The SMILES string of the molecule is O=C(Nc1cnn(CC(F)F)c1)N1CCc2ccccc2C1CO. The molecule has 0 fully saturated rings. The van der Waals surface area contributed by atoms with E-state index >= 15 is 0 Å². The first-order valence-corrected chi connectivity index (χ1v) is 7.65. The van der Waals surface area contributed by atoms with E-state index in [0.717, 1.165) is 15.8 Å². The Labute approximate surface area is 137 Å². The number of amides is 2. The normalized spacial score (nSPS) is 17.0. The predicted molar refractivity (Wildman–Crippen MR) is 83.9 cm³/mol. The van der Waals surface area contributed by atoms with Gasteiger partial charge in [0.05, 0.1) is 24.5 Å². The van der Waals surface area contributed by atoms with Crippen LogP contribution >= 0.6 is 0 Å². The number of benzene rings is 1. The molecule has 1 aromatic heterocycles. The first-order valence-electron chi connectivity index (χ1n) is 7.65. The minimum absolute atomic E-state index is 0.185. The molecule has 24 heavy (non-hydrogen) atoms. The van der Waals surface area contributed by atoms with E-state index in [4.69, 9.17) is 0 Å². The van der Waals surface area contributed by atoms with Gasteiger partial charge in [0.1, 0.15) is 6.54 Å². The van der Waals surface area contributed by atoms with Gasteiger partial charge in [-0.25, -0.2) is 13.6 Å². The van der Waals surface area contributed by atoms with Gasteiger partial charge >= 0.3 is 6.03 Å². The third kappa shape index (κ3) is 3.38. The maximum Gasteiger partial charge on any atom is 0.322 e. The summed E-state index contributed by atoms with van der Waals surface area (Å²) >= 11 is 0. The van der Waals surface area contributed by atoms with Crippen LogP contribution in [0.2, 0.25) is 0 Å². The highest BCUT2D eigenvalue weighted by molar-refractivity contribution is 5.89. The number of urea groups is 1. The van der Waals surface area contributed by atoms with Gasteiger partial charge in [-0.2, -0.15) is 5.10 Å². The Balaban J connectivity index is 1.72. The van der Waals surface area contributed by atoms with E-state index in [1.807, 2.05) is 24.3 Å². The zero-order valence-corrected chi connectivity index (χ0v) is 12.9. The average molecular weight is 336 g/mol. The molecule has 2 heterocycles. The van der Waals surface area contributed by atoms with Gasteiger partial charge in [0.15, 0.2) is 0 Å². The molecule has 1 aromatic carbocycles. The largest absolute Gasteiger partial charge is 0.394 e. The molecule has 0 aliphatic carbocycles. The lowest BCUT2D eigenvalue weighted by molar-refractivity contribution is 0.122. The van der Waals surface area contributed by atoms with Gasteiger partial charge in [-0.05, 0) is 17.5 Å². The third-order valence-electron chi connectivity index (χ3n) is 4.06. The van der Waals surface area contributed by atoms with E-state index in [-0.39, 0.29) is 12.6 Å². The standard InChI is InChI=1S/C16H18F2N4O2/c17-15(18)9-21-8-12(7-19-21)20-16(24)22-6-5-11-3-1-2-4-13(11)14(22)10-23/h1-4,7-8,14-15,23H,5-6,9-10H2,(H,20,24). The molecule has 1 aliphatic rings. The maximum absolute atomic E-state index is 12.5. The van der Waals surface area contributed by atoms with E-state index in [0.29, 0.717) is 18.7 Å². The number of carbonyl (C=O) groups is 1. The summed E-state index contributed by atoms with van der Waals surface area (Å²) in [6.07, 6.45) is 0.873. The molecule has 0 radical (unpaired) electrons. The van der Waals surface area contributed by atoms with E-state index in [2.05, 4.69) is 10.4 Å². The summed E-state index contributed by atoms with van der Waals surface area (Å²) in [6.45, 7) is -0.236. The molecule has 1 unspecified atom stereocenters. The number of aliphatic hydroxyl groups is 1. The van der Waals surface area contributed by atoms with Crippen molar-refractivity contribution in [3.63, 3.8) is 0 Å². The average Bonchev–Trinajstić information content (AvgIpc) is 2.99. The number of carbonyl (C=O) groups excluding carboxylic acids is 1. The Morgan fingerprint density at radius 2 is 2.21 bits per heavy atom. The van der Waals surface area contributed by atoms with Crippen LogP contribution in [0.1, 0.15) is 17.2 Å². The van der Waals surface area contributed by atoms with Crippen molar-refractivity contribution >= 4 is 11.7 Å². The summed E-state index contributed by atoms with van der Waals surface area (Å²) in [5.74, 6) is 0. The Morgan fingerprint density at radius 1 is 1.42 bits per heavy atom. The summed E-state index contributed by atoms with van der Waals surface area (Å²) in [4.78, 5) is 14.0. The highest BCUT2D eigenvalue weighted by Gasteiger charge is 2.30. The number of nitrogens with one attached hydrogen (secondary N) is 1. The molecule has 1 atom stereocenters. The number of hydrogen-bond donors (Lipinski definition) is 2. The molecule has 2 N–H and O–H groups in total. The number of fused-ring (bicyclic) bond motifs is 1. The number of anilines is 1. The fraction of sp³-hybridized carbons (Fsp3) is 0.375.